The lowest BCUT2D eigenvalue weighted by Crippen LogP contribution is -2.07. The molecule has 142 valence electrons. The maximum Gasteiger partial charge on any atom is 0.293 e. The fraction of sp³-hybridized carbons (Fsp3) is 0.381. The van der Waals surface area contributed by atoms with Crippen molar-refractivity contribution in [3.8, 4) is 11.5 Å². The second-order valence-corrected chi connectivity index (χ2v) is 6.26. The average molecular weight is 360 g/mol. The Morgan fingerprint density at radius 1 is 1.27 bits per heavy atom. The van der Waals surface area contributed by atoms with Gasteiger partial charge in [-0.05, 0) is 37.5 Å². The summed E-state index contributed by atoms with van der Waals surface area (Å²) in [6.45, 7) is 13.8. The van der Waals surface area contributed by atoms with Gasteiger partial charge in [-0.15, -0.1) is 0 Å². The van der Waals surface area contributed by atoms with Gasteiger partial charge in [-0.3, -0.25) is 4.79 Å². The van der Waals surface area contributed by atoms with Gasteiger partial charge in [-0.25, -0.2) is 0 Å². The third-order valence-electron chi connectivity index (χ3n) is 3.92. The van der Waals surface area contributed by atoms with E-state index in [1.54, 1.807) is 25.3 Å². The minimum Gasteiger partial charge on any atom is -0.496 e. The predicted octanol–water partition coefficient (Wildman–Crippen LogP) is 4.26. The van der Waals surface area contributed by atoms with Gasteiger partial charge in [0.15, 0.2) is 0 Å². The molecule has 0 fully saturated rings. The number of hydrogen-bond donors (Lipinski definition) is 1. The molecule has 1 N–H and O–H groups in total. The summed E-state index contributed by atoms with van der Waals surface area (Å²) in [7, 11) is 1.56. The number of hydrogen-bond acceptors (Lipinski definition) is 5. The Morgan fingerprint density at radius 3 is 2.46 bits per heavy atom. The van der Waals surface area contributed by atoms with E-state index < -0.39 is 6.10 Å². The molecule has 0 bridgehead atoms. The van der Waals surface area contributed by atoms with Crippen molar-refractivity contribution in [3.63, 3.8) is 0 Å². The van der Waals surface area contributed by atoms with Crippen LogP contribution in [0.5, 0.6) is 11.5 Å². The number of aliphatic hydroxyl groups excluding tert-OH is 1. The van der Waals surface area contributed by atoms with Gasteiger partial charge >= 0.3 is 0 Å². The highest BCUT2D eigenvalue weighted by atomic mass is 16.5. The highest BCUT2D eigenvalue weighted by Gasteiger charge is 2.19. The van der Waals surface area contributed by atoms with Crippen LogP contribution in [0.3, 0.4) is 0 Å². The summed E-state index contributed by atoms with van der Waals surface area (Å²) in [4.78, 5) is 10.4. The van der Waals surface area contributed by atoms with Crippen LogP contribution in [0.25, 0.3) is 0 Å². The Kier molecular flexibility index (Phi) is 8.65. The van der Waals surface area contributed by atoms with E-state index in [1.165, 1.54) is 6.08 Å². The molecule has 1 aromatic carbocycles. The summed E-state index contributed by atoms with van der Waals surface area (Å²) < 4.78 is 16.2. The van der Waals surface area contributed by atoms with Crippen molar-refractivity contribution >= 4 is 6.47 Å². The Labute approximate surface area is 155 Å². The molecule has 0 radical (unpaired) electrons. The van der Waals surface area contributed by atoms with E-state index in [0.29, 0.717) is 41.6 Å². The predicted molar refractivity (Wildman–Crippen MR) is 102 cm³/mol. The molecule has 0 saturated heterocycles. The zero-order valence-electron chi connectivity index (χ0n) is 16.0. The number of carbonyl (C=O) groups excluding carboxylic acids is 1. The van der Waals surface area contributed by atoms with E-state index in [1.807, 2.05) is 6.92 Å². The van der Waals surface area contributed by atoms with Crippen LogP contribution in [0.4, 0.5) is 0 Å². The Balaban J connectivity index is 3.25. The fourth-order valence-corrected chi connectivity index (χ4v) is 2.62. The van der Waals surface area contributed by atoms with E-state index >= 15 is 0 Å². The molecule has 0 amide bonds. The van der Waals surface area contributed by atoms with Crippen LogP contribution in [-0.4, -0.2) is 25.3 Å². The molecule has 1 aromatic rings. The van der Waals surface area contributed by atoms with Crippen molar-refractivity contribution in [2.75, 3.05) is 13.7 Å². The molecule has 26 heavy (non-hydrogen) atoms. The van der Waals surface area contributed by atoms with Crippen molar-refractivity contribution in [2.45, 2.75) is 33.3 Å². The molecule has 0 aromatic heterocycles. The molecule has 5 heteroatoms. The molecular formula is C21H28O5. The number of methoxy groups -OCH3 is 1. The smallest absolute Gasteiger partial charge is 0.293 e. The van der Waals surface area contributed by atoms with Crippen molar-refractivity contribution in [3.05, 3.63) is 59.9 Å². The Morgan fingerprint density at radius 2 is 1.96 bits per heavy atom. The van der Waals surface area contributed by atoms with Crippen LogP contribution in [0.2, 0.25) is 0 Å². The summed E-state index contributed by atoms with van der Waals surface area (Å²) in [5, 5.41) is 10.5. The number of benzene rings is 1. The first kappa shape index (κ1) is 21.5. The van der Waals surface area contributed by atoms with Crippen LogP contribution >= 0.6 is 0 Å². The molecule has 0 spiro atoms. The van der Waals surface area contributed by atoms with Crippen LogP contribution in [0.15, 0.2) is 48.8 Å². The standard InChI is InChI=1S/C21H28O5/c1-7-16(12-25-13-22)19(8-2)26-20-10-9-17(18(23)11-14(3)4)21(24-6)15(20)5/h7-10,13-14,18,23H,1-2,11-12H2,3-6H3/b19-16-. The maximum atomic E-state index is 10.5. The van der Waals surface area contributed by atoms with Crippen LogP contribution in [0, 0.1) is 12.8 Å². The maximum absolute atomic E-state index is 10.5. The Hall–Kier alpha value is -2.53. The van der Waals surface area contributed by atoms with E-state index in [-0.39, 0.29) is 6.61 Å². The fourth-order valence-electron chi connectivity index (χ4n) is 2.62. The SMILES string of the molecule is C=C/C(COC=O)=C(\C=C)Oc1ccc(C(O)CC(C)C)c(OC)c1C. The van der Waals surface area contributed by atoms with E-state index in [9.17, 15) is 9.90 Å². The summed E-state index contributed by atoms with van der Waals surface area (Å²) in [6, 6.07) is 3.58. The van der Waals surface area contributed by atoms with Gasteiger partial charge in [-0.1, -0.05) is 33.1 Å². The lowest BCUT2D eigenvalue weighted by Gasteiger charge is -2.20. The van der Waals surface area contributed by atoms with Crippen molar-refractivity contribution in [2.24, 2.45) is 5.92 Å². The van der Waals surface area contributed by atoms with Crippen molar-refractivity contribution in [1.29, 1.82) is 0 Å². The largest absolute Gasteiger partial charge is 0.496 e. The van der Waals surface area contributed by atoms with Gasteiger partial charge in [0.2, 0.25) is 0 Å². The van der Waals surface area contributed by atoms with Gasteiger partial charge in [0.25, 0.3) is 6.47 Å². The summed E-state index contributed by atoms with van der Waals surface area (Å²) >= 11 is 0. The topological polar surface area (TPSA) is 65.0 Å². The molecule has 5 nitrogen and oxygen atoms in total. The normalized spacial score (nSPS) is 12.8. The van der Waals surface area contributed by atoms with Crippen LogP contribution in [0.1, 0.15) is 37.5 Å². The third-order valence-corrected chi connectivity index (χ3v) is 3.92. The summed E-state index contributed by atoms with van der Waals surface area (Å²) in [5.74, 6) is 1.93. The second kappa shape index (κ2) is 10.5. The molecule has 0 aliphatic heterocycles. The highest BCUT2D eigenvalue weighted by molar-refractivity contribution is 5.51. The summed E-state index contributed by atoms with van der Waals surface area (Å²) in [5.41, 5.74) is 2.07. The zero-order chi connectivity index (χ0) is 19.7. The molecule has 1 atom stereocenters. The first-order valence-electron chi connectivity index (χ1n) is 8.46. The molecule has 0 heterocycles. The van der Waals surface area contributed by atoms with E-state index in [0.717, 1.165) is 11.1 Å². The zero-order valence-corrected chi connectivity index (χ0v) is 16.0. The van der Waals surface area contributed by atoms with E-state index in [2.05, 4.69) is 27.0 Å². The van der Waals surface area contributed by atoms with Gasteiger partial charge in [0, 0.05) is 16.7 Å². The molecule has 0 aliphatic rings. The average Bonchev–Trinajstić information content (AvgIpc) is 2.61. The third kappa shape index (κ3) is 5.49. The highest BCUT2D eigenvalue weighted by Crippen LogP contribution is 2.37. The van der Waals surface area contributed by atoms with Crippen molar-refractivity contribution in [1.82, 2.24) is 0 Å². The lowest BCUT2D eigenvalue weighted by molar-refractivity contribution is -0.127. The van der Waals surface area contributed by atoms with Gasteiger partial charge in [0.1, 0.15) is 23.9 Å². The number of rotatable bonds is 11. The Bertz CT molecular complexity index is 673. The second-order valence-electron chi connectivity index (χ2n) is 6.26. The van der Waals surface area contributed by atoms with Gasteiger partial charge in [-0.2, -0.15) is 0 Å². The van der Waals surface area contributed by atoms with Gasteiger partial charge < -0.3 is 19.3 Å². The van der Waals surface area contributed by atoms with Gasteiger partial charge in [0.05, 0.1) is 13.2 Å². The minimum absolute atomic E-state index is 0.0374. The number of ether oxygens (including phenoxy) is 3. The molecular weight excluding hydrogens is 332 g/mol. The summed E-state index contributed by atoms with van der Waals surface area (Å²) in [6.07, 6.45) is 3.10. The van der Waals surface area contributed by atoms with Crippen LogP contribution in [-0.2, 0) is 9.53 Å². The lowest BCUT2D eigenvalue weighted by atomic mass is 9.97. The first-order chi connectivity index (χ1) is 12.4. The molecule has 1 rings (SSSR count). The number of carbonyl (C=O) groups is 1. The first-order valence-corrected chi connectivity index (χ1v) is 8.46. The number of allylic oxidation sites excluding steroid dienone is 1. The van der Waals surface area contributed by atoms with Crippen molar-refractivity contribution < 1.29 is 24.1 Å². The minimum atomic E-state index is -0.614. The molecule has 0 saturated carbocycles. The van der Waals surface area contributed by atoms with E-state index in [4.69, 9.17) is 14.2 Å². The quantitative estimate of drug-likeness (QED) is 0.363. The molecule has 1 unspecified atom stereocenters. The van der Waals surface area contributed by atoms with Crippen LogP contribution < -0.4 is 9.47 Å². The monoisotopic (exact) mass is 360 g/mol. The molecule has 0 aliphatic carbocycles. The number of aliphatic hydroxyl groups is 1.